The van der Waals surface area contributed by atoms with E-state index in [1.54, 1.807) is 31.5 Å². The summed E-state index contributed by atoms with van der Waals surface area (Å²) in [6.45, 7) is 0.451. The standard InChI is InChI=1S/C14H14N2O2/c1-18-12-6-4-5-11(9-12)10-16-14(17)13-7-2-3-8-15-13/h2-9H,10H2,1H3,(H,16,17). The summed E-state index contributed by atoms with van der Waals surface area (Å²) < 4.78 is 5.12. The maximum atomic E-state index is 11.8. The number of hydrogen-bond donors (Lipinski definition) is 1. The molecule has 2 aromatic rings. The first kappa shape index (κ1) is 12.1. The number of methoxy groups -OCH3 is 1. The summed E-state index contributed by atoms with van der Waals surface area (Å²) in [5, 5.41) is 2.81. The van der Waals surface area contributed by atoms with Gasteiger partial charge < -0.3 is 10.1 Å². The van der Waals surface area contributed by atoms with Crippen molar-refractivity contribution in [3.63, 3.8) is 0 Å². The summed E-state index contributed by atoms with van der Waals surface area (Å²) in [7, 11) is 1.62. The quantitative estimate of drug-likeness (QED) is 0.892. The molecule has 18 heavy (non-hydrogen) atoms. The molecule has 1 N–H and O–H groups in total. The summed E-state index contributed by atoms with van der Waals surface area (Å²) >= 11 is 0. The molecular formula is C14H14N2O2. The number of ether oxygens (including phenoxy) is 1. The largest absolute Gasteiger partial charge is 0.497 e. The van der Waals surface area contributed by atoms with Crippen LogP contribution in [0.2, 0.25) is 0 Å². The van der Waals surface area contributed by atoms with Crippen molar-refractivity contribution in [2.75, 3.05) is 7.11 Å². The van der Waals surface area contributed by atoms with E-state index in [9.17, 15) is 4.79 Å². The van der Waals surface area contributed by atoms with E-state index in [1.807, 2.05) is 24.3 Å². The fourth-order valence-corrected chi connectivity index (χ4v) is 1.55. The lowest BCUT2D eigenvalue weighted by Gasteiger charge is -2.06. The van der Waals surface area contributed by atoms with Crippen LogP contribution in [0.25, 0.3) is 0 Å². The zero-order valence-corrected chi connectivity index (χ0v) is 10.1. The van der Waals surface area contributed by atoms with E-state index in [4.69, 9.17) is 4.74 Å². The Balaban J connectivity index is 1.97. The Morgan fingerprint density at radius 1 is 1.28 bits per heavy atom. The molecular weight excluding hydrogens is 228 g/mol. The third kappa shape index (κ3) is 3.07. The lowest BCUT2D eigenvalue weighted by Crippen LogP contribution is -2.23. The van der Waals surface area contributed by atoms with Crippen molar-refractivity contribution in [3.05, 3.63) is 59.9 Å². The molecule has 0 fully saturated rings. The van der Waals surface area contributed by atoms with E-state index < -0.39 is 0 Å². The highest BCUT2D eigenvalue weighted by Gasteiger charge is 2.05. The lowest BCUT2D eigenvalue weighted by molar-refractivity contribution is 0.0946. The van der Waals surface area contributed by atoms with Crippen molar-refractivity contribution in [1.82, 2.24) is 10.3 Å². The van der Waals surface area contributed by atoms with Gasteiger partial charge in [-0.25, -0.2) is 0 Å². The molecule has 0 saturated heterocycles. The van der Waals surface area contributed by atoms with Gasteiger partial charge in [-0.1, -0.05) is 18.2 Å². The van der Waals surface area contributed by atoms with Gasteiger partial charge in [0.2, 0.25) is 0 Å². The van der Waals surface area contributed by atoms with Gasteiger partial charge in [0, 0.05) is 12.7 Å². The summed E-state index contributed by atoms with van der Waals surface area (Å²) in [6, 6.07) is 12.8. The number of amides is 1. The molecule has 0 aliphatic heterocycles. The third-order valence-corrected chi connectivity index (χ3v) is 2.48. The van der Waals surface area contributed by atoms with E-state index >= 15 is 0 Å². The highest BCUT2D eigenvalue weighted by atomic mass is 16.5. The number of rotatable bonds is 4. The van der Waals surface area contributed by atoms with Crippen LogP contribution in [0.4, 0.5) is 0 Å². The zero-order chi connectivity index (χ0) is 12.8. The van der Waals surface area contributed by atoms with Gasteiger partial charge in [0.05, 0.1) is 7.11 Å². The minimum atomic E-state index is -0.182. The number of hydrogen-bond acceptors (Lipinski definition) is 3. The molecule has 0 aliphatic carbocycles. The number of nitrogens with one attached hydrogen (secondary N) is 1. The molecule has 0 aliphatic rings. The van der Waals surface area contributed by atoms with Gasteiger partial charge in [0.15, 0.2) is 0 Å². The maximum absolute atomic E-state index is 11.8. The van der Waals surface area contributed by atoms with Crippen LogP contribution >= 0.6 is 0 Å². The number of benzene rings is 1. The first-order valence-electron chi connectivity index (χ1n) is 5.62. The van der Waals surface area contributed by atoms with Gasteiger partial charge in [-0.3, -0.25) is 9.78 Å². The minimum absolute atomic E-state index is 0.182. The SMILES string of the molecule is COc1cccc(CNC(=O)c2ccccn2)c1. The number of carbonyl (C=O) groups is 1. The molecule has 0 spiro atoms. The Kier molecular flexibility index (Phi) is 3.91. The van der Waals surface area contributed by atoms with Crippen molar-refractivity contribution in [2.45, 2.75) is 6.54 Å². The molecule has 1 amide bonds. The monoisotopic (exact) mass is 242 g/mol. The van der Waals surface area contributed by atoms with Crippen LogP contribution < -0.4 is 10.1 Å². The van der Waals surface area contributed by atoms with Crippen LogP contribution in [-0.2, 0) is 6.54 Å². The smallest absolute Gasteiger partial charge is 0.270 e. The fourth-order valence-electron chi connectivity index (χ4n) is 1.55. The summed E-state index contributed by atoms with van der Waals surface area (Å²) in [4.78, 5) is 15.8. The number of carbonyl (C=O) groups excluding carboxylic acids is 1. The molecule has 4 heteroatoms. The summed E-state index contributed by atoms with van der Waals surface area (Å²) in [6.07, 6.45) is 1.60. The highest BCUT2D eigenvalue weighted by Crippen LogP contribution is 2.12. The predicted molar refractivity (Wildman–Crippen MR) is 68.4 cm³/mol. The number of pyridine rings is 1. The fraction of sp³-hybridized carbons (Fsp3) is 0.143. The van der Waals surface area contributed by atoms with E-state index in [2.05, 4.69) is 10.3 Å². The Hall–Kier alpha value is -2.36. The second kappa shape index (κ2) is 5.82. The normalized spacial score (nSPS) is 9.83. The second-order valence-corrected chi connectivity index (χ2v) is 3.75. The lowest BCUT2D eigenvalue weighted by atomic mass is 10.2. The van der Waals surface area contributed by atoms with Crippen LogP contribution in [-0.4, -0.2) is 18.0 Å². The molecule has 0 unspecified atom stereocenters. The summed E-state index contributed by atoms with van der Waals surface area (Å²) in [5.41, 5.74) is 1.40. The molecule has 2 rings (SSSR count). The van der Waals surface area contributed by atoms with Crippen molar-refractivity contribution < 1.29 is 9.53 Å². The molecule has 1 aromatic heterocycles. The number of nitrogens with zero attached hydrogens (tertiary/aromatic N) is 1. The zero-order valence-electron chi connectivity index (χ0n) is 10.1. The van der Waals surface area contributed by atoms with Crippen molar-refractivity contribution in [3.8, 4) is 5.75 Å². The Morgan fingerprint density at radius 2 is 2.17 bits per heavy atom. The van der Waals surface area contributed by atoms with Crippen LogP contribution in [0, 0.1) is 0 Å². The molecule has 4 nitrogen and oxygen atoms in total. The van der Waals surface area contributed by atoms with Crippen molar-refractivity contribution in [1.29, 1.82) is 0 Å². The molecule has 0 saturated carbocycles. The average molecular weight is 242 g/mol. The first-order valence-corrected chi connectivity index (χ1v) is 5.62. The highest BCUT2D eigenvalue weighted by molar-refractivity contribution is 5.92. The van der Waals surface area contributed by atoms with Gasteiger partial charge in [-0.05, 0) is 29.8 Å². The van der Waals surface area contributed by atoms with E-state index in [0.717, 1.165) is 11.3 Å². The third-order valence-electron chi connectivity index (χ3n) is 2.48. The van der Waals surface area contributed by atoms with Gasteiger partial charge in [-0.2, -0.15) is 0 Å². The van der Waals surface area contributed by atoms with E-state index in [0.29, 0.717) is 12.2 Å². The Bertz CT molecular complexity index is 526. The van der Waals surface area contributed by atoms with Crippen LogP contribution in [0.3, 0.4) is 0 Å². The molecule has 0 bridgehead atoms. The van der Waals surface area contributed by atoms with Crippen LogP contribution in [0.5, 0.6) is 5.75 Å². The molecule has 0 radical (unpaired) electrons. The van der Waals surface area contributed by atoms with Gasteiger partial charge in [0.25, 0.3) is 5.91 Å². The van der Waals surface area contributed by atoms with Crippen LogP contribution in [0.15, 0.2) is 48.7 Å². The van der Waals surface area contributed by atoms with Crippen molar-refractivity contribution in [2.24, 2.45) is 0 Å². The Morgan fingerprint density at radius 3 is 2.89 bits per heavy atom. The number of aromatic nitrogens is 1. The topological polar surface area (TPSA) is 51.2 Å². The molecule has 92 valence electrons. The average Bonchev–Trinajstić information content (AvgIpc) is 2.46. The summed E-state index contributed by atoms with van der Waals surface area (Å²) in [5.74, 6) is 0.595. The predicted octanol–water partition coefficient (Wildman–Crippen LogP) is 2.02. The van der Waals surface area contributed by atoms with E-state index in [-0.39, 0.29) is 5.91 Å². The minimum Gasteiger partial charge on any atom is -0.497 e. The molecule has 0 atom stereocenters. The van der Waals surface area contributed by atoms with Gasteiger partial charge in [-0.15, -0.1) is 0 Å². The van der Waals surface area contributed by atoms with Gasteiger partial charge in [0.1, 0.15) is 11.4 Å². The Labute approximate surface area is 106 Å². The van der Waals surface area contributed by atoms with Gasteiger partial charge >= 0.3 is 0 Å². The first-order chi connectivity index (χ1) is 8.79. The van der Waals surface area contributed by atoms with Crippen molar-refractivity contribution >= 4 is 5.91 Å². The maximum Gasteiger partial charge on any atom is 0.270 e. The molecule has 1 heterocycles. The second-order valence-electron chi connectivity index (χ2n) is 3.75. The molecule has 1 aromatic carbocycles. The van der Waals surface area contributed by atoms with Crippen LogP contribution in [0.1, 0.15) is 16.1 Å². The van der Waals surface area contributed by atoms with E-state index in [1.165, 1.54) is 0 Å².